The number of nitrogens with one attached hydrogen (secondary N) is 1. The molecule has 0 saturated carbocycles. The van der Waals surface area contributed by atoms with Crippen molar-refractivity contribution in [2.75, 3.05) is 37.4 Å². The molecule has 2 heterocycles. The fourth-order valence-electron chi connectivity index (χ4n) is 1.89. The van der Waals surface area contributed by atoms with E-state index in [0.29, 0.717) is 24.1 Å². The van der Waals surface area contributed by atoms with Crippen molar-refractivity contribution in [1.29, 1.82) is 0 Å². The van der Waals surface area contributed by atoms with Gasteiger partial charge in [0.1, 0.15) is 0 Å². The lowest BCUT2D eigenvalue weighted by Gasteiger charge is -2.09. The minimum absolute atomic E-state index is 0.476. The predicted molar refractivity (Wildman–Crippen MR) is 69.7 cm³/mol. The summed E-state index contributed by atoms with van der Waals surface area (Å²) in [5.41, 5.74) is 5.74. The van der Waals surface area contributed by atoms with E-state index in [9.17, 15) is 0 Å². The van der Waals surface area contributed by atoms with Gasteiger partial charge in [0.25, 0.3) is 0 Å². The Labute approximate surface area is 105 Å². The molecule has 0 aromatic carbocycles. The lowest BCUT2D eigenvalue weighted by Crippen LogP contribution is -2.09. The Morgan fingerprint density at radius 3 is 3.24 bits per heavy atom. The van der Waals surface area contributed by atoms with E-state index in [2.05, 4.69) is 9.69 Å². The van der Waals surface area contributed by atoms with Crippen LogP contribution in [-0.4, -0.2) is 30.7 Å². The van der Waals surface area contributed by atoms with Gasteiger partial charge in [0.15, 0.2) is 16.6 Å². The van der Waals surface area contributed by atoms with Crippen molar-refractivity contribution >= 4 is 22.4 Å². The molecule has 2 rings (SSSR count). The van der Waals surface area contributed by atoms with Gasteiger partial charge >= 0.3 is 0 Å². The van der Waals surface area contributed by atoms with E-state index in [0.717, 1.165) is 31.2 Å². The predicted octanol–water partition coefficient (Wildman–Crippen LogP) is 1.96. The van der Waals surface area contributed by atoms with Gasteiger partial charge in [-0.25, -0.2) is 0 Å². The molecule has 5 nitrogen and oxygen atoms in total. The van der Waals surface area contributed by atoms with E-state index in [4.69, 9.17) is 15.2 Å². The van der Waals surface area contributed by atoms with Crippen LogP contribution >= 0.6 is 11.5 Å². The van der Waals surface area contributed by atoms with Crippen molar-refractivity contribution in [1.82, 2.24) is 4.37 Å². The molecule has 1 fully saturated rings. The highest BCUT2D eigenvalue weighted by molar-refractivity contribution is 7.11. The van der Waals surface area contributed by atoms with Crippen LogP contribution < -0.4 is 15.8 Å². The van der Waals surface area contributed by atoms with Gasteiger partial charge in [-0.3, -0.25) is 0 Å². The summed E-state index contributed by atoms with van der Waals surface area (Å²) in [4.78, 5) is 0. The van der Waals surface area contributed by atoms with E-state index in [-0.39, 0.29) is 0 Å². The third-order valence-electron chi connectivity index (χ3n) is 2.82. The van der Waals surface area contributed by atoms with Gasteiger partial charge in [0, 0.05) is 19.8 Å². The van der Waals surface area contributed by atoms with Crippen LogP contribution in [-0.2, 0) is 4.74 Å². The summed E-state index contributed by atoms with van der Waals surface area (Å²) >= 11 is 1.36. The Hall–Kier alpha value is -1.01. The first-order chi connectivity index (χ1) is 8.31. The van der Waals surface area contributed by atoms with E-state index in [1.807, 2.05) is 6.92 Å². The number of nitrogen functional groups attached to an aromatic ring is 1. The summed E-state index contributed by atoms with van der Waals surface area (Å²) < 4.78 is 14.9. The van der Waals surface area contributed by atoms with Gasteiger partial charge in [-0.05, 0) is 37.2 Å². The van der Waals surface area contributed by atoms with Gasteiger partial charge < -0.3 is 20.5 Å². The van der Waals surface area contributed by atoms with Crippen molar-refractivity contribution in [3.63, 3.8) is 0 Å². The molecule has 0 bridgehead atoms. The second kappa shape index (κ2) is 6.07. The molecule has 1 atom stereocenters. The van der Waals surface area contributed by atoms with Crippen LogP contribution in [0.4, 0.5) is 10.8 Å². The van der Waals surface area contributed by atoms with Crippen LogP contribution in [0, 0.1) is 5.92 Å². The van der Waals surface area contributed by atoms with E-state index < -0.39 is 0 Å². The molecule has 1 aliphatic heterocycles. The molecule has 1 saturated heterocycles. The molecule has 1 aliphatic rings. The number of nitrogens with two attached hydrogens (primary N) is 1. The number of anilines is 2. The van der Waals surface area contributed by atoms with Crippen LogP contribution in [0.1, 0.15) is 19.8 Å². The highest BCUT2D eigenvalue weighted by Gasteiger charge is 2.16. The minimum atomic E-state index is 0.476. The zero-order valence-corrected chi connectivity index (χ0v) is 10.9. The van der Waals surface area contributed by atoms with Crippen LogP contribution in [0.15, 0.2) is 0 Å². The van der Waals surface area contributed by atoms with Gasteiger partial charge in [-0.15, -0.1) is 0 Å². The summed E-state index contributed by atoms with van der Waals surface area (Å²) in [5, 5.41) is 4.27. The first-order valence-corrected chi connectivity index (χ1v) is 6.78. The second-order valence-electron chi connectivity index (χ2n) is 4.10. The first kappa shape index (κ1) is 12.4. The number of nitrogens with zero attached hydrogens (tertiary/aromatic N) is 1. The standard InChI is InChI=1S/C11H19N3O2S/c1-2-16-9-10(12)14-17-11(9)13-5-3-8-4-6-15-7-8/h8,13H,2-7H2,1H3,(H2,12,14). The third kappa shape index (κ3) is 3.23. The minimum Gasteiger partial charge on any atom is -0.487 e. The molecule has 3 N–H and O–H groups in total. The molecule has 1 aromatic rings. The molecule has 0 spiro atoms. The van der Waals surface area contributed by atoms with E-state index >= 15 is 0 Å². The van der Waals surface area contributed by atoms with Crippen molar-refractivity contribution in [2.45, 2.75) is 19.8 Å². The van der Waals surface area contributed by atoms with Crippen molar-refractivity contribution in [2.24, 2.45) is 5.92 Å². The normalized spacial score (nSPS) is 19.5. The Bertz CT molecular complexity index is 350. The second-order valence-corrected chi connectivity index (χ2v) is 4.88. The number of aromatic nitrogens is 1. The van der Waals surface area contributed by atoms with Crippen LogP contribution in [0.3, 0.4) is 0 Å². The SMILES string of the molecule is CCOc1c(N)nsc1NCCC1CCOC1. The van der Waals surface area contributed by atoms with Gasteiger partial charge in [-0.2, -0.15) is 4.37 Å². The molecule has 1 aromatic heterocycles. The Morgan fingerprint density at radius 2 is 2.53 bits per heavy atom. The summed E-state index contributed by atoms with van der Waals surface area (Å²) in [6.45, 7) is 5.26. The zero-order valence-electron chi connectivity index (χ0n) is 10.1. The molecular weight excluding hydrogens is 238 g/mol. The molecule has 0 aliphatic carbocycles. The topological polar surface area (TPSA) is 69.4 Å². The highest BCUT2D eigenvalue weighted by atomic mass is 32.1. The molecule has 0 amide bonds. The smallest absolute Gasteiger partial charge is 0.197 e. The average Bonchev–Trinajstić information content (AvgIpc) is 2.93. The zero-order chi connectivity index (χ0) is 12.1. The van der Waals surface area contributed by atoms with E-state index in [1.54, 1.807) is 0 Å². The molecule has 96 valence electrons. The fourth-order valence-corrected chi connectivity index (χ4v) is 2.58. The average molecular weight is 257 g/mol. The molecule has 6 heteroatoms. The third-order valence-corrected chi connectivity index (χ3v) is 3.63. The van der Waals surface area contributed by atoms with Gasteiger partial charge in [0.05, 0.1) is 6.61 Å². The maximum atomic E-state index is 5.74. The lowest BCUT2D eigenvalue weighted by molar-refractivity contribution is 0.185. The van der Waals surface area contributed by atoms with Crippen molar-refractivity contribution in [3.05, 3.63) is 0 Å². The Morgan fingerprint density at radius 1 is 1.65 bits per heavy atom. The number of rotatable bonds is 6. The largest absolute Gasteiger partial charge is 0.487 e. The molecular formula is C11H19N3O2S. The lowest BCUT2D eigenvalue weighted by atomic mass is 10.1. The fraction of sp³-hybridized carbons (Fsp3) is 0.727. The number of hydrogen-bond acceptors (Lipinski definition) is 6. The maximum Gasteiger partial charge on any atom is 0.197 e. The van der Waals surface area contributed by atoms with E-state index in [1.165, 1.54) is 18.0 Å². The highest BCUT2D eigenvalue weighted by Crippen LogP contribution is 2.35. The maximum absolute atomic E-state index is 5.74. The number of hydrogen-bond donors (Lipinski definition) is 2. The van der Waals surface area contributed by atoms with Crippen LogP contribution in [0.25, 0.3) is 0 Å². The molecule has 1 unspecified atom stereocenters. The quantitative estimate of drug-likeness (QED) is 0.815. The summed E-state index contributed by atoms with van der Waals surface area (Å²) in [7, 11) is 0. The van der Waals surface area contributed by atoms with Gasteiger partial charge in [-0.1, -0.05) is 0 Å². The van der Waals surface area contributed by atoms with Crippen LogP contribution in [0.5, 0.6) is 5.75 Å². The molecule has 0 radical (unpaired) electrons. The van der Waals surface area contributed by atoms with Gasteiger partial charge in [0.2, 0.25) is 0 Å². The monoisotopic (exact) mass is 257 g/mol. The summed E-state index contributed by atoms with van der Waals surface area (Å²) in [6, 6.07) is 0. The Kier molecular flexibility index (Phi) is 4.44. The molecule has 17 heavy (non-hydrogen) atoms. The van der Waals surface area contributed by atoms with Crippen molar-refractivity contribution in [3.8, 4) is 5.75 Å². The summed E-state index contributed by atoms with van der Waals surface area (Å²) in [6.07, 6.45) is 2.29. The summed E-state index contributed by atoms with van der Waals surface area (Å²) in [5.74, 6) is 1.85. The van der Waals surface area contributed by atoms with Crippen molar-refractivity contribution < 1.29 is 9.47 Å². The van der Waals surface area contributed by atoms with Crippen LogP contribution in [0.2, 0.25) is 0 Å². The first-order valence-electron chi connectivity index (χ1n) is 6.00. The number of ether oxygens (including phenoxy) is 2. The Balaban J connectivity index is 1.81.